The van der Waals surface area contributed by atoms with Gasteiger partial charge in [0, 0.05) is 10.8 Å². The van der Waals surface area contributed by atoms with Crippen LogP contribution in [0.3, 0.4) is 0 Å². The molecule has 0 amide bonds. The van der Waals surface area contributed by atoms with E-state index >= 15 is 0 Å². The zero-order valence-electron chi connectivity index (χ0n) is 11.0. The van der Waals surface area contributed by atoms with E-state index in [4.69, 9.17) is 10.7 Å². The molecule has 0 saturated heterocycles. The monoisotopic (exact) mass is 252 g/mol. The van der Waals surface area contributed by atoms with Gasteiger partial charge < -0.3 is 5.73 Å². The van der Waals surface area contributed by atoms with E-state index in [9.17, 15) is 0 Å². The van der Waals surface area contributed by atoms with Gasteiger partial charge in [0.2, 0.25) is 0 Å². The molecule has 0 radical (unpaired) electrons. The van der Waals surface area contributed by atoms with Crippen molar-refractivity contribution >= 4 is 11.3 Å². The van der Waals surface area contributed by atoms with Crippen molar-refractivity contribution in [2.24, 2.45) is 11.7 Å². The molecule has 1 aliphatic carbocycles. The van der Waals surface area contributed by atoms with E-state index in [0.717, 1.165) is 18.9 Å². The molecule has 2 N–H and O–H groups in total. The van der Waals surface area contributed by atoms with Crippen LogP contribution in [0.15, 0.2) is 0 Å². The summed E-state index contributed by atoms with van der Waals surface area (Å²) in [4.78, 5) is 6.26. The molecule has 0 bridgehead atoms. The Labute approximate surface area is 109 Å². The van der Waals surface area contributed by atoms with E-state index in [0.29, 0.717) is 5.92 Å². The molecule has 1 saturated carbocycles. The lowest BCUT2D eigenvalue weighted by atomic mass is 9.90. The van der Waals surface area contributed by atoms with Gasteiger partial charge in [-0.05, 0) is 38.6 Å². The van der Waals surface area contributed by atoms with E-state index in [2.05, 4.69) is 13.8 Å². The Kier molecular flexibility index (Phi) is 4.57. The molecular formula is C14H24N2S. The highest BCUT2D eigenvalue weighted by Gasteiger charge is 2.20. The van der Waals surface area contributed by atoms with Gasteiger partial charge in [0.15, 0.2) is 0 Å². The fraction of sp³-hybridized carbons (Fsp3) is 0.786. The maximum absolute atomic E-state index is 5.70. The molecule has 1 heterocycles. The van der Waals surface area contributed by atoms with Crippen LogP contribution in [0, 0.1) is 12.8 Å². The Morgan fingerprint density at radius 2 is 2.06 bits per heavy atom. The van der Waals surface area contributed by atoms with Crippen LogP contribution in [0.25, 0.3) is 0 Å². The predicted molar refractivity (Wildman–Crippen MR) is 74.6 cm³/mol. The number of aromatic nitrogens is 1. The van der Waals surface area contributed by atoms with Crippen molar-refractivity contribution < 1.29 is 0 Å². The second kappa shape index (κ2) is 5.96. The molecule has 1 unspecified atom stereocenters. The third-order valence-electron chi connectivity index (χ3n) is 3.80. The Balaban J connectivity index is 2.06. The summed E-state index contributed by atoms with van der Waals surface area (Å²) in [6, 6.07) is 0. The number of nitrogens with two attached hydrogens (primary N) is 1. The van der Waals surface area contributed by atoms with Crippen LogP contribution in [0.4, 0.5) is 0 Å². The second-order valence-corrected chi connectivity index (χ2v) is 6.56. The van der Waals surface area contributed by atoms with Crippen LogP contribution >= 0.6 is 11.3 Å². The van der Waals surface area contributed by atoms with Crippen LogP contribution in [-0.4, -0.2) is 11.5 Å². The largest absolute Gasteiger partial charge is 0.330 e. The quantitative estimate of drug-likeness (QED) is 0.888. The zero-order chi connectivity index (χ0) is 12.3. The summed E-state index contributed by atoms with van der Waals surface area (Å²) >= 11 is 1.94. The molecular weight excluding hydrogens is 228 g/mol. The highest BCUT2D eigenvalue weighted by atomic mass is 32.1. The van der Waals surface area contributed by atoms with Gasteiger partial charge in [-0.3, -0.25) is 0 Å². The highest BCUT2D eigenvalue weighted by molar-refractivity contribution is 7.11. The van der Waals surface area contributed by atoms with Crippen LogP contribution in [0.2, 0.25) is 0 Å². The van der Waals surface area contributed by atoms with Crippen molar-refractivity contribution in [3.05, 3.63) is 15.6 Å². The maximum Gasteiger partial charge on any atom is 0.0961 e. The van der Waals surface area contributed by atoms with E-state index in [1.54, 1.807) is 0 Å². The molecule has 0 aromatic carbocycles. The number of hydrogen-bond acceptors (Lipinski definition) is 3. The molecule has 1 aromatic heterocycles. The van der Waals surface area contributed by atoms with E-state index in [1.165, 1.54) is 47.7 Å². The third kappa shape index (κ3) is 3.29. The molecule has 1 aliphatic rings. The number of rotatable bonds is 4. The van der Waals surface area contributed by atoms with Gasteiger partial charge in [-0.15, -0.1) is 11.3 Å². The Bertz CT molecular complexity index is 353. The van der Waals surface area contributed by atoms with Gasteiger partial charge in [0.05, 0.1) is 10.7 Å². The van der Waals surface area contributed by atoms with E-state index in [-0.39, 0.29) is 0 Å². The van der Waals surface area contributed by atoms with Gasteiger partial charge >= 0.3 is 0 Å². The number of hydrogen-bond donors (Lipinski definition) is 1. The predicted octanol–water partition coefficient (Wildman–Crippen LogP) is 3.64. The first kappa shape index (κ1) is 13.0. The average molecular weight is 252 g/mol. The van der Waals surface area contributed by atoms with E-state index < -0.39 is 0 Å². The zero-order valence-corrected chi connectivity index (χ0v) is 11.9. The van der Waals surface area contributed by atoms with Crippen molar-refractivity contribution in [3.63, 3.8) is 0 Å². The van der Waals surface area contributed by atoms with Gasteiger partial charge in [0.1, 0.15) is 0 Å². The standard InChI is InChI=1S/C14H24N2S/c1-10(9-15)8-13-11(2)16-14(17-13)12-6-4-3-5-7-12/h10,12H,3-9,15H2,1-2H3. The van der Waals surface area contributed by atoms with Gasteiger partial charge in [-0.25, -0.2) is 4.98 Å². The molecule has 2 rings (SSSR count). The lowest BCUT2D eigenvalue weighted by Crippen LogP contribution is -2.12. The minimum atomic E-state index is 0.577. The van der Waals surface area contributed by atoms with Crippen molar-refractivity contribution in [2.45, 2.75) is 58.3 Å². The van der Waals surface area contributed by atoms with Crippen LogP contribution in [0.1, 0.15) is 60.5 Å². The van der Waals surface area contributed by atoms with Crippen molar-refractivity contribution in [2.75, 3.05) is 6.54 Å². The second-order valence-electron chi connectivity index (χ2n) is 5.44. The molecule has 17 heavy (non-hydrogen) atoms. The maximum atomic E-state index is 5.70. The summed E-state index contributed by atoms with van der Waals surface area (Å²) in [5.74, 6) is 1.32. The third-order valence-corrected chi connectivity index (χ3v) is 5.14. The first-order valence-electron chi connectivity index (χ1n) is 6.87. The summed E-state index contributed by atoms with van der Waals surface area (Å²) in [7, 11) is 0. The fourth-order valence-corrected chi connectivity index (χ4v) is 3.96. The van der Waals surface area contributed by atoms with Gasteiger partial charge in [-0.1, -0.05) is 26.2 Å². The Morgan fingerprint density at radius 3 is 2.71 bits per heavy atom. The number of thiazole rings is 1. The SMILES string of the molecule is Cc1nc(C2CCCCC2)sc1CC(C)CN. The molecule has 2 nitrogen and oxygen atoms in total. The lowest BCUT2D eigenvalue weighted by Gasteiger charge is -2.18. The number of nitrogens with zero attached hydrogens (tertiary/aromatic N) is 1. The lowest BCUT2D eigenvalue weighted by molar-refractivity contribution is 0.442. The summed E-state index contributed by atoms with van der Waals surface area (Å²) in [5, 5.41) is 1.39. The minimum Gasteiger partial charge on any atom is -0.330 e. The summed E-state index contributed by atoms with van der Waals surface area (Å²) in [6.45, 7) is 5.15. The first-order chi connectivity index (χ1) is 8.20. The van der Waals surface area contributed by atoms with Crippen LogP contribution in [0.5, 0.6) is 0 Å². The van der Waals surface area contributed by atoms with Crippen molar-refractivity contribution in [1.82, 2.24) is 4.98 Å². The summed E-state index contributed by atoms with van der Waals surface area (Å²) in [5.41, 5.74) is 6.95. The number of aryl methyl sites for hydroxylation is 1. The highest BCUT2D eigenvalue weighted by Crippen LogP contribution is 2.36. The topological polar surface area (TPSA) is 38.9 Å². The fourth-order valence-electron chi connectivity index (χ4n) is 2.56. The summed E-state index contributed by atoms with van der Waals surface area (Å²) < 4.78 is 0. The smallest absolute Gasteiger partial charge is 0.0961 e. The van der Waals surface area contributed by atoms with Gasteiger partial charge in [0.25, 0.3) is 0 Å². The van der Waals surface area contributed by atoms with Crippen molar-refractivity contribution in [1.29, 1.82) is 0 Å². The van der Waals surface area contributed by atoms with E-state index in [1.807, 2.05) is 11.3 Å². The van der Waals surface area contributed by atoms with Crippen LogP contribution in [-0.2, 0) is 6.42 Å². The van der Waals surface area contributed by atoms with Gasteiger partial charge in [-0.2, -0.15) is 0 Å². The normalized spacial score (nSPS) is 19.5. The van der Waals surface area contributed by atoms with Crippen molar-refractivity contribution in [3.8, 4) is 0 Å². The van der Waals surface area contributed by atoms with Crippen LogP contribution < -0.4 is 5.73 Å². The minimum absolute atomic E-state index is 0.577. The molecule has 0 aliphatic heterocycles. The average Bonchev–Trinajstić information content (AvgIpc) is 2.72. The Hall–Kier alpha value is -0.410. The molecule has 96 valence electrons. The molecule has 1 aromatic rings. The molecule has 1 fully saturated rings. The molecule has 0 spiro atoms. The molecule has 3 heteroatoms. The Morgan fingerprint density at radius 1 is 1.35 bits per heavy atom. The summed E-state index contributed by atoms with van der Waals surface area (Å²) in [6.07, 6.45) is 7.98. The molecule has 1 atom stereocenters. The first-order valence-corrected chi connectivity index (χ1v) is 7.68.